The molecule has 0 fully saturated rings. The Labute approximate surface area is 269 Å². The minimum Gasteiger partial charge on any atom is -0.506 e. The van der Waals surface area contributed by atoms with Gasteiger partial charge in [-0.3, -0.25) is 0 Å². The topological polar surface area (TPSA) is 211 Å². The largest absolute Gasteiger partial charge is 0.506 e. The summed E-state index contributed by atoms with van der Waals surface area (Å²) in [7, 11) is 0. The first-order valence-electron chi connectivity index (χ1n) is 14.3. The molecular weight excluding hydrogens is 618 g/mol. The van der Waals surface area contributed by atoms with E-state index >= 15 is 0 Å². The quantitative estimate of drug-likeness (QED) is 0.114. The molecule has 7 rings (SSSR count). The molecule has 234 valence electrons. The van der Waals surface area contributed by atoms with Crippen LogP contribution in [-0.2, 0) is 0 Å². The molecule has 0 amide bonds. The highest BCUT2D eigenvalue weighted by atomic mass is 16.4. The second-order valence-corrected chi connectivity index (χ2v) is 10.8. The fourth-order valence-electron chi connectivity index (χ4n) is 5.88. The zero-order chi connectivity index (χ0) is 33.9. The molecule has 12 heteroatoms. The van der Waals surface area contributed by atoms with Gasteiger partial charge in [-0.1, -0.05) is 54.6 Å². The minimum atomic E-state index is -1.32. The number of rotatable bonds is 6. The van der Waals surface area contributed by atoms with Crippen LogP contribution in [0, 0.1) is 0 Å². The Balaban J connectivity index is 1.64. The number of hydrogen-bond donors (Lipinski definition) is 6. The lowest BCUT2D eigenvalue weighted by molar-refractivity contribution is 0.0688. The molecule has 0 aliphatic carbocycles. The van der Waals surface area contributed by atoms with Crippen LogP contribution in [-0.4, -0.2) is 63.5 Å². The molecule has 0 saturated heterocycles. The van der Waals surface area contributed by atoms with Gasteiger partial charge >= 0.3 is 17.9 Å². The van der Waals surface area contributed by atoms with Crippen molar-refractivity contribution in [3.63, 3.8) is 0 Å². The van der Waals surface area contributed by atoms with Crippen molar-refractivity contribution in [1.82, 2.24) is 15.0 Å². The molecular formula is C36H21N3O9. The van der Waals surface area contributed by atoms with E-state index in [1.807, 2.05) is 0 Å². The molecule has 3 aromatic heterocycles. The Morgan fingerprint density at radius 1 is 0.417 bits per heavy atom. The lowest BCUT2D eigenvalue weighted by atomic mass is 9.91. The summed E-state index contributed by atoms with van der Waals surface area (Å²) in [6, 6.07) is 22.4. The molecule has 48 heavy (non-hydrogen) atoms. The second kappa shape index (κ2) is 11.1. The van der Waals surface area contributed by atoms with Gasteiger partial charge in [0, 0.05) is 16.2 Å². The van der Waals surface area contributed by atoms with Crippen LogP contribution in [0.3, 0.4) is 0 Å². The molecule has 0 radical (unpaired) electrons. The van der Waals surface area contributed by atoms with E-state index in [4.69, 9.17) is 0 Å². The maximum atomic E-state index is 12.3. The SMILES string of the molecule is O=C(O)c1cc(-c2c(O)c(-c3cc(C(=O)O)c4ccccc4n3)c(O)c(-c3cc(C(=O)O)c4ccccc4n3)c2O)nc2ccccc12. The van der Waals surface area contributed by atoms with Crippen LogP contribution in [0.5, 0.6) is 17.2 Å². The second-order valence-electron chi connectivity index (χ2n) is 10.8. The molecule has 3 heterocycles. The van der Waals surface area contributed by atoms with E-state index in [1.165, 1.54) is 18.2 Å². The Hall–Kier alpha value is -7.08. The molecule has 0 spiro atoms. The van der Waals surface area contributed by atoms with E-state index < -0.39 is 51.8 Å². The number of phenolic OH excluding ortho intramolecular Hbond substituents is 3. The van der Waals surface area contributed by atoms with Crippen molar-refractivity contribution in [3.05, 3.63) is 108 Å². The highest BCUT2D eigenvalue weighted by Crippen LogP contribution is 2.55. The summed E-state index contributed by atoms with van der Waals surface area (Å²) in [5.74, 6) is -6.36. The van der Waals surface area contributed by atoms with Gasteiger partial charge in [-0.15, -0.1) is 0 Å². The molecule has 0 aliphatic heterocycles. The monoisotopic (exact) mass is 639 g/mol. The van der Waals surface area contributed by atoms with Crippen LogP contribution in [0.1, 0.15) is 31.1 Å². The summed E-state index contributed by atoms with van der Waals surface area (Å²) < 4.78 is 0. The zero-order valence-corrected chi connectivity index (χ0v) is 24.4. The summed E-state index contributed by atoms with van der Waals surface area (Å²) in [4.78, 5) is 50.5. The first kappa shape index (κ1) is 29.6. The number of hydrogen-bond acceptors (Lipinski definition) is 9. The molecule has 0 bridgehead atoms. The first-order chi connectivity index (χ1) is 23.0. The predicted molar refractivity (Wildman–Crippen MR) is 175 cm³/mol. The van der Waals surface area contributed by atoms with Gasteiger partial charge in [0.25, 0.3) is 0 Å². The highest BCUT2D eigenvalue weighted by molar-refractivity contribution is 6.08. The zero-order valence-electron chi connectivity index (χ0n) is 24.4. The maximum Gasteiger partial charge on any atom is 0.336 e. The summed E-state index contributed by atoms with van der Waals surface area (Å²) in [5, 5.41) is 66.5. The number of phenols is 3. The highest BCUT2D eigenvalue weighted by Gasteiger charge is 2.31. The van der Waals surface area contributed by atoms with E-state index in [0.717, 1.165) is 18.2 Å². The van der Waals surface area contributed by atoms with Gasteiger partial charge < -0.3 is 30.6 Å². The van der Waals surface area contributed by atoms with Gasteiger partial charge in [-0.2, -0.15) is 0 Å². The third-order valence-corrected chi connectivity index (χ3v) is 8.03. The summed E-state index contributed by atoms with van der Waals surface area (Å²) in [6.07, 6.45) is 0. The molecule has 4 aromatic carbocycles. The van der Waals surface area contributed by atoms with Gasteiger partial charge in [-0.25, -0.2) is 29.3 Å². The lowest BCUT2D eigenvalue weighted by Gasteiger charge is -2.19. The van der Waals surface area contributed by atoms with Gasteiger partial charge in [-0.05, 0) is 36.4 Å². The van der Waals surface area contributed by atoms with Crippen LogP contribution in [0.4, 0.5) is 0 Å². The fourth-order valence-corrected chi connectivity index (χ4v) is 5.88. The van der Waals surface area contributed by atoms with E-state index in [0.29, 0.717) is 0 Å². The van der Waals surface area contributed by atoms with Crippen LogP contribution in [0.2, 0.25) is 0 Å². The summed E-state index contributed by atoms with van der Waals surface area (Å²) in [5.41, 5.74) is -1.99. The predicted octanol–water partition coefficient (Wildman–Crippen LogP) is 6.54. The standard InChI is InChI=1S/C36H21N3O9/c40-31-28(25-13-19(34(43)44)16-7-1-4-10-22(16)37-25)32(41)30(27-15-21(36(47)48)18-9-3-6-12-24(18)39-27)33(42)29(31)26-14-20(35(45)46)17-8-2-5-11-23(17)38-26/h1-15,40-42H,(H,43,44)(H,45,46)(H,47,48). The van der Waals surface area contributed by atoms with Crippen molar-refractivity contribution in [2.45, 2.75) is 0 Å². The van der Waals surface area contributed by atoms with Gasteiger partial charge in [0.2, 0.25) is 0 Å². The normalized spacial score (nSPS) is 11.2. The molecule has 0 unspecified atom stereocenters. The average Bonchev–Trinajstić information content (AvgIpc) is 3.07. The van der Waals surface area contributed by atoms with Crippen LogP contribution < -0.4 is 0 Å². The van der Waals surface area contributed by atoms with Crippen molar-refractivity contribution in [1.29, 1.82) is 0 Å². The minimum absolute atomic E-state index is 0.205. The number of carbonyl (C=O) groups is 3. The molecule has 7 aromatic rings. The Morgan fingerprint density at radius 2 is 0.667 bits per heavy atom. The third kappa shape index (κ3) is 4.63. The average molecular weight is 640 g/mol. The number of fused-ring (bicyclic) bond motifs is 3. The van der Waals surface area contributed by atoms with Gasteiger partial charge in [0.15, 0.2) is 0 Å². The van der Waals surface area contributed by atoms with Crippen LogP contribution in [0.25, 0.3) is 66.5 Å². The van der Waals surface area contributed by atoms with Crippen molar-refractivity contribution in [2.75, 3.05) is 0 Å². The number of carboxylic acid groups (broad SMARTS) is 3. The van der Waals surface area contributed by atoms with E-state index in [1.54, 1.807) is 54.6 Å². The lowest BCUT2D eigenvalue weighted by Crippen LogP contribution is -2.03. The fraction of sp³-hybridized carbons (Fsp3) is 0. The molecule has 0 aliphatic rings. The van der Waals surface area contributed by atoms with Crippen molar-refractivity contribution in [2.24, 2.45) is 0 Å². The van der Waals surface area contributed by atoms with Crippen LogP contribution in [0.15, 0.2) is 91.0 Å². The summed E-state index contributed by atoms with van der Waals surface area (Å²) in [6.45, 7) is 0. The van der Waals surface area contributed by atoms with Crippen molar-refractivity contribution in [3.8, 4) is 51.0 Å². The number of aromatic nitrogens is 3. The number of pyridine rings is 3. The Morgan fingerprint density at radius 3 is 0.917 bits per heavy atom. The number of nitrogens with zero attached hydrogens (tertiary/aromatic N) is 3. The first-order valence-corrected chi connectivity index (χ1v) is 14.3. The number of benzene rings is 4. The number of carboxylic acids is 3. The number of aromatic hydroxyl groups is 3. The molecule has 0 atom stereocenters. The van der Waals surface area contributed by atoms with Gasteiger partial charge in [0.1, 0.15) is 17.2 Å². The molecule has 12 nitrogen and oxygen atoms in total. The van der Waals surface area contributed by atoms with Crippen molar-refractivity contribution >= 4 is 50.6 Å². The van der Waals surface area contributed by atoms with E-state index in [2.05, 4.69) is 15.0 Å². The third-order valence-electron chi connectivity index (χ3n) is 8.03. The number of aromatic carboxylic acids is 3. The number of para-hydroxylation sites is 3. The van der Waals surface area contributed by atoms with E-state index in [9.17, 15) is 45.0 Å². The van der Waals surface area contributed by atoms with E-state index in [-0.39, 0.29) is 66.5 Å². The molecule has 0 saturated carbocycles. The summed E-state index contributed by atoms with van der Waals surface area (Å²) >= 11 is 0. The van der Waals surface area contributed by atoms with Crippen molar-refractivity contribution < 1.29 is 45.0 Å². The maximum absolute atomic E-state index is 12.3. The van der Waals surface area contributed by atoms with Crippen LogP contribution >= 0.6 is 0 Å². The molecule has 6 N–H and O–H groups in total. The smallest absolute Gasteiger partial charge is 0.336 e. The Kier molecular flexibility index (Phi) is 6.83. The Bertz CT molecular complexity index is 2250. The van der Waals surface area contributed by atoms with Gasteiger partial charge in [0.05, 0.1) is 67.0 Å².